The Morgan fingerprint density at radius 1 is 1.03 bits per heavy atom. The Kier molecular flexibility index (Phi) is 11.7. The number of amides is 1. The van der Waals surface area contributed by atoms with E-state index in [1.54, 1.807) is 18.7 Å². The summed E-state index contributed by atoms with van der Waals surface area (Å²) in [6.45, 7) is 10.6. The molecule has 0 aliphatic rings. The number of carbonyl (C=O) groups is 2. The number of benzene rings is 1. The summed E-state index contributed by atoms with van der Waals surface area (Å²) >= 11 is 0. The van der Waals surface area contributed by atoms with Gasteiger partial charge >= 0.3 is 5.97 Å². The normalized spacial score (nSPS) is 12.0. The van der Waals surface area contributed by atoms with Crippen molar-refractivity contribution in [3.05, 3.63) is 59.5 Å². The minimum absolute atomic E-state index is 0.0486. The van der Waals surface area contributed by atoms with Crippen LogP contribution in [0.5, 0.6) is 0 Å². The van der Waals surface area contributed by atoms with E-state index in [-0.39, 0.29) is 18.4 Å². The van der Waals surface area contributed by atoms with Gasteiger partial charge in [-0.1, -0.05) is 30.3 Å². The van der Waals surface area contributed by atoms with Crippen LogP contribution in [0.15, 0.2) is 46.9 Å². The van der Waals surface area contributed by atoms with Gasteiger partial charge in [-0.2, -0.15) is 0 Å². The molecule has 1 heterocycles. The monoisotopic (exact) mass is 458 g/mol. The van der Waals surface area contributed by atoms with Crippen molar-refractivity contribution >= 4 is 11.9 Å². The molecule has 1 aromatic heterocycles. The third kappa shape index (κ3) is 9.40. The molecule has 0 spiro atoms. The first kappa shape index (κ1) is 26.6. The molecule has 1 atom stereocenters. The van der Waals surface area contributed by atoms with Gasteiger partial charge in [-0.05, 0) is 58.2 Å². The molecule has 182 valence electrons. The maximum absolute atomic E-state index is 13.4. The molecule has 1 aromatic carbocycles. The predicted octanol–water partition coefficient (Wildman–Crippen LogP) is 3.84. The van der Waals surface area contributed by atoms with Crippen LogP contribution in [-0.4, -0.2) is 67.2 Å². The van der Waals surface area contributed by atoms with Gasteiger partial charge in [0, 0.05) is 26.3 Å². The summed E-state index contributed by atoms with van der Waals surface area (Å²) in [7, 11) is 0. The van der Waals surface area contributed by atoms with E-state index in [4.69, 9.17) is 13.9 Å². The molecule has 0 bridgehead atoms. The van der Waals surface area contributed by atoms with Crippen LogP contribution >= 0.6 is 0 Å². The Morgan fingerprint density at radius 3 is 2.42 bits per heavy atom. The average Bonchev–Trinajstić information content (AvgIpc) is 3.23. The van der Waals surface area contributed by atoms with Crippen molar-refractivity contribution in [2.24, 2.45) is 0 Å². The fourth-order valence-electron chi connectivity index (χ4n) is 3.57. The Morgan fingerprint density at radius 2 is 1.79 bits per heavy atom. The zero-order valence-corrected chi connectivity index (χ0v) is 20.4. The summed E-state index contributed by atoms with van der Waals surface area (Å²) in [5.41, 5.74) is 1.17. The number of ether oxygens (including phenoxy) is 2. The van der Waals surface area contributed by atoms with Crippen molar-refractivity contribution in [1.82, 2.24) is 9.80 Å². The van der Waals surface area contributed by atoms with Gasteiger partial charge in [0.2, 0.25) is 5.91 Å². The van der Waals surface area contributed by atoms with Crippen LogP contribution in [-0.2, 0) is 32.0 Å². The number of aryl methyl sites for hydroxylation is 1. The number of nitrogens with zero attached hydrogens (tertiary/aromatic N) is 2. The highest BCUT2D eigenvalue weighted by atomic mass is 16.5. The molecule has 0 radical (unpaired) electrons. The lowest BCUT2D eigenvalue weighted by Crippen LogP contribution is -2.47. The van der Waals surface area contributed by atoms with E-state index in [9.17, 15) is 9.59 Å². The summed E-state index contributed by atoms with van der Waals surface area (Å²) in [5, 5.41) is 0. The molecule has 0 saturated carbocycles. The van der Waals surface area contributed by atoms with Crippen LogP contribution in [0, 0.1) is 6.92 Å². The molecule has 0 aliphatic heterocycles. The first-order valence-electron chi connectivity index (χ1n) is 11.8. The van der Waals surface area contributed by atoms with E-state index in [0.29, 0.717) is 39.5 Å². The molecule has 0 aliphatic carbocycles. The van der Waals surface area contributed by atoms with E-state index < -0.39 is 6.04 Å². The van der Waals surface area contributed by atoms with E-state index in [2.05, 4.69) is 12.1 Å². The van der Waals surface area contributed by atoms with E-state index in [1.807, 2.05) is 49.1 Å². The van der Waals surface area contributed by atoms with Crippen molar-refractivity contribution in [2.45, 2.75) is 53.1 Å². The summed E-state index contributed by atoms with van der Waals surface area (Å²) < 4.78 is 16.4. The molecule has 1 amide bonds. The van der Waals surface area contributed by atoms with Gasteiger partial charge in [0.05, 0.1) is 19.7 Å². The molecule has 1 unspecified atom stereocenters. The van der Waals surface area contributed by atoms with Crippen LogP contribution in [0.2, 0.25) is 0 Å². The van der Waals surface area contributed by atoms with E-state index >= 15 is 0 Å². The van der Waals surface area contributed by atoms with Gasteiger partial charge in [0.15, 0.2) is 0 Å². The molecular formula is C26H38N2O5. The number of hydrogen-bond acceptors (Lipinski definition) is 6. The highest BCUT2D eigenvalue weighted by Gasteiger charge is 2.26. The zero-order valence-electron chi connectivity index (χ0n) is 20.4. The Hall–Kier alpha value is -2.64. The fraction of sp³-hybridized carbons (Fsp3) is 0.538. The standard InChI is InChI=1S/C26H38N2O5/c1-5-31-18-10-16-27(22(4)26(30)32-6-2)20-25(29)28(19-24-14-13-21(3)33-24)17-15-23-11-8-7-9-12-23/h7-9,11-14,22H,5-6,10,15-20H2,1-4H3. The molecular weight excluding hydrogens is 420 g/mol. The highest BCUT2D eigenvalue weighted by molar-refractivity contribution is 5.80. The zero-order chi connectivity index (χ0) is 24.1. The van der Waals surface area contributed by atoms with Gasteiger partial charge in [-0.3, -0.25) is 14.5 Å². The summed E-state index contributed by atoms with van der Waals surface area (Å²) in [4.78, 5) is 29.5. The Bertz CT molecular complexity index is 836. The first-order chi connectivity index (χ1) is 15.9. The number of carbonyl (C=O) groups excluding carboxylic acids is 2. The van der Waals surface area contributed by atoms with E-state index in [0.717, 1.165) is 24.4 Å². The average molecular weight is 459 g/mol. The van der Waals surface area contributed by atoms with Crippen molar-refractivity contribution in [1.29, 1.82) is 0 Å². The topological polar surface area (TPSA) is 72.2 Å². The second-order valence-electron chi connectivity index (χ2n) is 8.01. The molecule has 0 saturated heterocycles. The molecule has 7 heteroatoms. The number of furan rings is 1. The first-order valence-corrected chi connectivity index (χ1v) is 11.8. The lowest BCUT2D eigenvalue weighted by Gasteiger charge is -2.30. The molecule has 2 rings (SSSR count). The maximum atomic E-state index is 13.4. The third-order valence-corrected chi connectivity index (χ3v) is 5.46. The summed E-state index contributed by atoms with van der Waals surface area (Å²) in [6.07, 6.45) is 1.47. The molecule has 0 fully saturated rings. The van der Waals surface area contributed by atoms with Gasteiger partial charge < -0.3 is 18.8 Å². The fourth-order valence-corrected chi connectivity index (χ4v) is 3.57. The van der Waals surface area contributed by atoms with Crippen molar-refractivity contribution in [3.8, 4) is 0 Å². The lowest BCUT2D eigenvalue weighted by atomic mass is 10.1. The SMILES string of the molecule is CCOCCCN(CC(=O)N(CCc1ccccc1)Cc1ccc(C)o1)C(C)C(=O)OCC. The lowest BCUT2D eigenvalue weighted by molar-refractivity contribution is -0.150. The van der Waals surface area contributed by atoms with Crippen molar-refractivity contribution in [2.75, 3.05) is 39.5 Å². The van der Waals surface area contributed by atoms with Crippen LogP contribution < -0.4 is 0 Å². The minimum atomic E-state index is -0.516. The van der Waals surface area contributed by atoms with Crippen LogP contribution in [0.3, 0.4) is 0 Å². The summed E-state index contributed by atoms with van der Waals surface area (Å²) in [6, 6.07) is 13.4. The van der Waals surface area contributed by atoms with Crippen LogP contribution in [0.4, 0.5) is 0 Å². The molecule has 2 aromatic rings. The van der Waals surface area contributed by atoms with Crippen LogP contribution in [0.1, 0.15) is 44.3 Å². The Balaban J connectivity index is 2.11. The summed E-state index contributed by atoms with van der Waals surface area (Å²) in [5.74, 6) is 1.19. The highest BCUT2D eigenvalue weighted by Crippen LogP contribution is 2.13. The smallest absolute Gasteiger partial charge is 0.323 e. The molecule has 0 N–H and O–H groups in total. The predicted molar refractivity (Wildman–Crippen MR) is 128 cm³/mol. The molecule has 7 nitrogen and oxygen atoms in total. The van der Waals surface area contributed by atoms with E-state index in [1.165, 1.54) is 5.56 Å². The second kappa shape index (κ2) is 14.5. The van der Waals surface area contributed by atoms with Gasteiger partial charge in [-0.15, -0.1) is 0 Å². The maximum Gasteiger partial charge on any atom is 0.323 e. The Labute approximate surface area is 197 Å². The number of hydrogen-bond donors (Lipinski definition) is 0. The van der Waals surface area contributed by atoms with Gasteiger partial charge in [-0.25, -0.2) is 0 Å². The van der Waals surface area contributed by atoms with Gasteiger partial charge in [0.1, 0.15) is 17.6 Å². The second-order valence-corrected chi connectivity index (χ2v) is 8.01. The number of esters is 1. The minimum Gasteiger partial charge on any atom is -0.465 e. The van der Waals surface area contributed by atoms with Crippen LogP contribution in [0.25, 0.3) is 0 Å². The quantitative estimate of drug-likeness (QED) is 0.298. The third-order valence-electron chi connectivity index (χ3n) is 5.46. The molecule has 33 heavy (non-hydrogen) atoms. The van der Waals surface area contributed by atoms with Crippen molar-refractivity contribution < 1.29 is 23.5 Å². The number of rotatable bonds is 15. The van der Waals surface area contributed by atoms with Gasteiger partial charge in [0.25, 0.3) is 0 Å². The van der Waals surface area contributed by atoms with Crippen molar-refractivity contribution in [3.63, 3.8) is 0 Å². The largest absolute Gasteiger partial charge is 0.465 e.